The molecule has 2 aromatic rings. The highest BCUT2D eigenvalue weighted by atomic mass is 79.9. The van der Waals surface area contributed by atoms with Gasteiger partial charge in [-0.1, -0.05) is 35.3 Å². The Morgan fingerprint density at radius 2 is 1.76 bits per heavy atom. The number of halogens is 3. The van der Waals surface area contributed by atoms with E-state index in [1.54, 1.807) is 37.4 Å². The van der Waals surface area contributed by atoms with Crippen LogP contribution in [-0.4, -0.2) is 19.3 Å². The van der Waals surface area contributed by atoms with Crippen LogP contribution in [-0.2, 0) is 0 Å². The molecule has 0 radical (unpaired) electrons. The largest absolute Gasteiger partial charge is 0.495 e. The molecular formula is C15H13BrCl2O3. The van der Waals surface area contributed by atoms with Gasteiger partial charge < -0.3 is 14.6 Å². The zero-order valence-corrected chi connectivity index (χ0v) is 14.5. The van der Waals surface area contributed by atoms with Crippen molar-refractivity contribution in [2.45, 2.75) is 6.10 Å². The molecule has 0 aromatic heterocycles. The third kappa shape index (κ3) is 3.14. The number of hydrogen-bond acceptors (Lipinski definition) is 3. The average molecular weight is 392 g/mol. The molecule has 0 aliphatic rings. The molecule has 2 aromatic carbocycles. The van der Waals surface area contributed by atoms with Crippen LogP contribution < -0.4 is 9.47 Å². The van der Waals surface area contributed by atoms with Crippen molar-refractivity contribution in [2.75, 3.05) is 14.2 Å². The molecule has 0 amide bonds. The van der Waals surface area contributed by atoms with E-state index in [9.17, 15) is 5.11 Å². The van der Waals surface area contributed by atoms with Gasteiger partial charge in [-0.25, -0.2) is 0 Å². The summed E-state index contributed by atoms with van der Waals surface area (Å²) in [5.41, 5.74) is 1.08. The second kappa shape index (κ2) is 6.88. The van der Waals surface area contributed by atoms with Crippen molar-refractivity contribution >= 4 is 39.1 Å². The van der Waals surface area contributed by atoms with Crippen LogP contribution in [0.15, 0.2) is 34.8 Å². The predicted octanol–water partition coefficient (Wildman–Crippen LogP) is 4.85. The van der Waals surface area contributed by atoms with Crippen molar-refractivity contribution in [1.82, 2.24) is 0 Å². The molecule has 6 heteroatoms. The van der Waals surface area contributed by atoms with Crippen LogP contribution >= 0.6 is 39.1 Å². The molecule has 1 unspecified atom stereocenters. The van der Waals surface area contributed by atoms with E-state index in [0.29, 0.717) is 37.1 Å². The molecule has 3 nitrogen and oxygen atoms in total. The van der Waals surface area contributed by atoms with E-state index >= 15 is 0 Å². The first-order chi connectivity index (χ1) is 10.0. The van der Waals surface area contributed by atoms with Gasteiger partial charge in [0.25, 0.3) is 0 Å². The standard InChI is InChI=1S/C15H13BrCl2O3/c1-20-11-7-6-9(15(21-2)12(11)16)14(19)8-4-3-5-10(17)13(8)18/h3-7,14,19H,1-2H3. The quantitative estimate of drug-likeness (QED) is 0.809. The molecule has 0 saturated carbocycles. The Bertz CT molecular complexity index is 662. The SMILES string of the molecule is COc1ccc(C(O)c2cccc(Cl)c2Cl)c(OC)c1Br. The van der Waals surface area contributed by atoms with E-state index in [1.807, 2.05) is 0 Å². The Morgan fingerprint density at radius 1 is 1.05 bits per heavy atom. The maximum atomic E-state index is 10.6. The van der Waals surface area contributed by atoms with E-state index < -0.39 is 6.10 Å². The van der Waals surface area contributed by atoms with Crippen LogP contribution in [0.3, 0.4) is 0 Å². The fraction of sp³-hybridized carbons (Fsp3) is 0.200. The van der Waals surface area contributed by atoms with Crippen LogP contribution in [0, 0.1) is 0 Å². The number of aliphatic hydroxyl groups is 1. The maximum Gasteiger partial charge on any atom is 0.142 e. The number of methoxy groups -OCH3 is 2. The summed E-state index contributed by atoms with van der Waals surface area (Å²) in [4.78, 5) is 0. The summed E-state index contributed by atoms with van der Waals surface area (Å²) in [7, 11) is 3.08. The molecule has 0 aliphatic heterocycles. The molecule has 0 aliphatic carbocycles. The van der Waals surface area contributed by atoms with Crippen molar-refractivity contribution in [2.24, 2.45) is 0 Å². The maximum absolute atomic E-state index is 10.6. The highest BCUT2D eigenvalue weighted by Crippen LogP contribution is 2.43. The van der Waals surface area contributed by atoms with Crippen molar-refractivity contribution in [1.29, 1.82) is 0 Å². The first-order valence-electron chi connectivity index (χ1n) is 6.03. The summed E-state index contributed by atoms with van der Waals surface area (Å²) >= 11 is 15.6. The monoisotopic (exact) mass is 390 g/mol. The Hall–Kier alpha value is -0.940. The van der Waals surface area contributed by atoms with Crippen molar-refractivity contribution < 1.29 is 14.6 Å². The lowest BCUT2D eigenvalue weighted by atomic mass is 10.0. The van der Waals surface area contributed by atoms with E-state index in [0.717, 1.165) is 0 Å². The number of benzene rings is 2. The number of ether oxygens (including phenoxy) is 2. The molecule has 2 rings (SSSR count). The smallest absolute Gasteiger partial charge is 0.142 e. The van der Waals surface area contributed by atoms with Gasteiger partial charge in [-0.2, -0.15) is 0 Å². The van der Waals surface area contributed by atoms with Gasteiger partial charge in [0.15, 0.2) is 0 Å². The zero-order chi connectivity index (χ0) is 15.6. The van der Waals surface area contributed by atoms with Gasteiger partial charge in [0.1, 0.15) is 22.1 Å². The topological polar surface area (TPSA) is 38.7 Å². The third-order valence-electron chi connectivity index (χ3n) is 3.09. The lowest BCUT2D eigenvalue weighted by Crippen LogP contribution is -2.04. The minimum atomic E-state index is -0.964. The van der Waals surface area contributed by atoms with Crippen molar-refractivity contribution in [3.05, 3.63) is 56.0 Å². The van der Waals surface area contributed by atoms with E-state index in [4.69, 9.17) is 32.7 Å². The first kappa shape index (κ1) is 16.4. The summed E-state index contributed by atoms with van der Waals surface area (Å²) < 4.78 is 11.2. The lowest BCUT2D eigenvalue weighted by Gasteiger charge is -2.19. The molecule has 1 atom stereocenters. The number of rotatable bonds is 4. The van der Waals surface area contributed by atoms with Crippen LogP contribution in [0.2, 0.25) is 10.0 Å². The minimum Gasteiger partial charge on any atom is -0.495 e. The van der Waals surface area contributed by atoms with E-state index in [-0.39, 0.29) is 0 Å². The fourth-order valence-electron chi connectivity index (χ4n) is 2.03. The van der Waals surface area contributed by atoms with Gasteiger partial charge in [0, 0.05) is 11.1 Å². The van der Waals surface area contributed by atoms with Gasteiger partial charge >= 0.3 is 0 Å². The molecule has 0 spiro atoms. The molecule has 0 saturated heterocycles. The van der Waals surface area contributed by atoms with Crippen LogP contribution in [0.4, 0.5) is 0 Å². The van der Waals surface area contributed by atoms with Gasteiger partial charge in [-0.15, -0.1) is 0 Å². The van der Waals surface area contributed by atoms with Crippen LogP contribution in [0.1, 0.15) is 17.2 Å². The van der Waals surface area contributed by atoms with Gasteiger partial charge in [-0.05, 0) is 34.1 Å². The molecule has 21 heavy (non-hydrogen) atoms. The second-order valence-corrected chi connectivity index (χ2v) is 5.83. The molecule has 0 heterocycles. The Kier molecular flexibility index (Phi) is 5.38. The molecule has 1 N–H and O–H groups in total. The highest BCUT2D eigenvalue weighted by molar-refractivity contribution is 9.10. The molecular weight excluding hydrogens is 379 g/mol. The summed E-state index contributed by atoms with van der Waals surface area (Å²) in [6.07, 6.45) is -0.964. The molecule has 0 bridgehead atoms. The van der Waals surface area contributed by atoms with E-state index in [1.165, 1.54) is 7.11 Å². The van der Waals surface area contributed by atoms with Crippen molar-refractivity contribution in [3.8, 4) is 11.5 Å². The summed E-state index contributed by atoms with van der Waals surface area (Å²) in [5, 5.41) is 11.3. The number of aliphatic hydroxyl groups excluding tert-OH is 1. The van der Waals surface area contributed by atoms with Gasteiger partial charge in [0.2, 0.25) is 0 Å². The first-order valence-corrected chi connectivity index (χ1v) is 7.58. The summed E-state index contributed by atoms with van der Waals surface area (Å²) in [6, 6.07) is 8.59. The minimum absolute atomic E-state index is 0.320. The summed E-state index contributed by atoms with van der Waals surface area (Å²) in [6.45, 7) is 0. The molecule has 112 valence electrons. The highest BCUT2D eigenvalue weighted by Gasteiger charge is 2.22. The fourth-order valence-corrected chi connectivity index (χ4v) is 3.13. The van der Waals surface area contributed by atoms with Crippen molar-refractivity contribution in [3.63, 3.8) is 0 Å². The van der Waals surface area contributed by atoms with Crippen LogP contribution in [0.25, 0.3) is 0 Å². The van der Waals surface area contributed by atoms with Gasteiger partial charge in [0.05, 0.1) is 24.3 Å². The Morgan fingerprint density at radius 3 is 2.38 bits per heavy atom. The summed E-state index contributed by atoms with van der Waals surface area (Å²) in [5.74, 6) is 1.10. The van der Waals surface area contributed by atoms with E-state index in [2.05, 4.69) is 15.9 Å². The lowest BCUT2D eigenvalue weighted by molar-refractivity contribution is 0.214. The number of hydrogen-bond donors (Lipinski definition) is 1. The third-order valence-corrected chi connectivity index (χ3v) is 4.67. The van der Waals surface area contributed by atoms with Gasteiger partial charge in [-0.3, -0.25) is 0 Å². The molecule has 0 fully saturated rings. The zero-order valence-electron chi connectivity index (χ0n) is 11.4. The Labute approximate surface area is 141 Å². The predicted molar refractivity (Wildman–Crippen MR) is 87.8 cm³/mol. The average Bonchev–Trinajstić information content (AvgIpc) is 2.49. The normalized spacial score (nSPS) is 12.1. The Balaban J connectivity index is 2.56. The second-order valence-electron chi connectivity index (χ2n) is 4.25. The van der Waals surface area contributed by atoms with Crippen LogP contribution in [0.5, 0.6) is 11.5 Å².